The summed E-state index contributed by atoms with van der Waals surface area (Å²) in [7, 11) is 1.57. The molecule has 0 aliphatic heterocycles. The number of ether oxygens (including phenoxy) is 1. The van der Waals surface area contributed by atoms with E-state index in [9.17, 15) is 9.18 Å². The molecule has 0 bridgehead atoms. The normalized spacial score (nSPS) is 11.6. The standard InChI is InChI=1S/C26H20Cl2FNO3/c1-14(9-24(31)30-18-6-4-5-17(29)11-18)20-12-21-22(19-8-7-16(27)10-23(19)28)13-33-26(21)15(2)25(20)32-3/h4-13H,1-3H3,(H,30,31)/b14-9+. The van der Waals surface area contributed by atoms with Gasteiger partial charge in [-0.05, 0) is 55.8 Å². The van der Waals surface area contributed by atoms with E-state index in [1.165, 1.54) is 24.3 Å². The van der Waals surface area contributed by atoms with Crippen LogP contribution in [-0.2, 0) is 4.79 Å². The molecule has 1 aromatic heterocycles. The number of carbonyl (C=O) groups excluding carboxylic acids is 1. The third kappa shape index (κ3) is 4.61. The second kappa shape index (κ2) is 9.30. The summed E-state index contributed by atoms with van der Waals surface area (Å²) in [5.41, 5.74) is 4.80. The third-order valence-electron chi connectivity index (χ3n) is 5.33. The highest BCUT2D eigenvalue weighted by molar-refractivity contribution is 6.36. The quantitative estimate of drug-likeness (QED) is 0.293. The van der Waals surface area contributed by atoms with Crippen LogP contribution in [0.5, 0.6) is 5.75 Å². The molecule has 0 spiro atoms. The molecule has 0 unspecified atom stereocenters. The van der Waals surface area contributed by atoms with Crippen molar-refractivity contribution >= 4 is 51.3 Å². The summed E-state index contributed by atoms with van der Waals surface area (Å²) in [6.45, 7) is 3.70. The number of carbonyl (C=O) groups is 1. The highest BCUT2D eigenvalue weighted by Crippen LogP contribution is 2.42. The minimum absolute atomic E-state index is 0.372. The average Bonchev–Trinajstić information content (AvgIpc) is 3.17. The number of amides is 1. The summed E-state index contributed by atoms with van der Waals surface area (Å²) in [4.78, 5) is 12.6. The molecule has 3 aromatic carbocycles. The van der Waals surface area contributed by atoms with Gasteiger partial charge in [0.1, 0.15) is 17.1 Å². The molecule has 33 heavy (non-hydrogen) atoms. The van der Waals surface area contributed by atoms with Gasteiger partial charge in [-0.25, -0.2) is 4.39 Å². The second-order valence-corrected chi connectivity index (χ2v) is 8.40. The largest absolute Gasteiger partial charge is 0.496 e. The maximum atomic E-state index is 13.4. The van der Waals surface area contributed by atoms with E-state index in [0.717, 1.165) is 27.6 Å². The Bertz CT molecular complexity index is 1410. The van der Waals surface area contributed by atoms with Crippen molar-refractivity contribution in [1.82, 2.24) is 0 Å². The van der Waals surface area contributed by atoms with Crippen molar-refractivity contribution in [2.45, 2.75) is 13.8 Å². The van der Waals surface area contributed by atoms with Gasteiger partial charge in [0.05, 0.1) is 18.4 Å². The van der Waals surface area contributed by atoms with E-state index in [4.69, 9.17) is 32.4 Å². The zero-order valence-electron chi connectivity index (χ0n) is 18.1. The van der Waals surface area contributed by atoms with Gasteiger partial charge in [0.2, 0.25) is 5.91 Å². The highest BCUT2D eigenvalue weighted by Gasteiger charge is 2.20. The molecule has 0 aliphatic rings. The number of hydrogen-bond donors (Lipinski definition) is 1. The predicted octanol–water partition coefficient (Wildman–Crippen LogP) is 7.90. The molecule has 0 saturated heterocycles. The molecule has 1 heterocycles. The molecule has 168 valence electrons. The van der Waals surface area contributed by atoms with Crippen molar-refractivity contribution in [3.05, 3.63) is 87.9 Å². The molecule has 4 nitrogen and oxygen atoms in total. The molecule has 0 radical (unpaired) electrons. The van der Waals surface area contributed by atoms with E-state index >= 15 is 0 Å². The molecule has 4 rings (SSSR count). The minimum Gasteiger partial charge on any atom is -0.496 e. The van der Waals surface area contributed by atoms with Crippen molar-refractivity contribution < 1.29 is 18.3 Å². The Kier molecular flexibility index (Phi) is 6.45. The zero-order chi connectivity index (χ0) is 23.7. The third-order valence-corrected chi connectivity index (χ3v) is 5.88. The van der Waals surface area contributed by atoms with Gasteiger partial charge in [0.25, 0.3) is 0 Å². The summed E-state index contributed by atoms with van der Waals surface area (Å²) < 4.78 is 24.9. The van der Waals surface area contributed by atoms with Crippen molar-refractivity contribution in [1.29, 1.82) is 0 Å². The Morgan fingerprint density at radius 3 is 2.61 bits per heavy atom. The van der Waals surface area contributed by atoms with Crippen LogP contribution >= 0.6 is 23.2 Å². The summed E-state index contributed by atoms with van der Waals surface area (Å²) in [6.07, 6.45) is 3.09. The summed E-state index contributed by atoms with van der Waals surface area (Å²) in [5, 5.41) is 4.54. The molecular formula is C26H20Cl2FNO3. The van der Waals surface area contributed by atoms with Gasteiger partial charge >= 0.3 is 0 Å². The van der Waals surface area contributed by atoms with Crippen LogP contribution in [0.15, 0.2) is 65.3 Å². The molecule has 0 aliphatic carbocycles. The van der Waals surface area contributed by atoms with Gasteiger partial charge < -0.3 is 14.5 Å². The molecule has 1 amide bonds. The van der Waals surface area contributed by atoms with Crippen LogP contribution in [0.2, 0.25) is 10.0 Å². The fraction of sp³-hybridized carbons (Fsp3) is 0.115. The minimum atomic E-state index is -0.426. The van der Waals surface area contributed by atoms with Crippen LogP contribution in [0.25, 0.3) is 27.7 Å². The van der Waals surface area contributed by atoms with Crippen molar-refractivity contribution in [3.63, 3.8) is 0 Å². The maximum Gasteiger partial charge on any atom is 0.248 e. The van der Waals surface area contributed by atoms with E-state index in [-0.39, 0.29) is 5.91 Å². The lowest BCUT2D eigenvalue weighted by molar-refractivity contribution is -0.111. The second-order valence-electron chi connectivity index (χ2n) is 7.56. The Morgan fingerprint density at radius 1 is 1.12 bits per heavy atom. The monoisotopic (exact) mass is 483 g/mol. The van der Waals surface area contributed by atoms with E-state index in [0.29, 0.717) is 32.6 Å². The molecular weight excluding hydrogens is 464 g/mol. The lowest BCUT2D eigenvalue weighted by Gasteiger charge is -2.13. The number of methoxy groups -OCH3 is 1. The maximum absolute atomic E-state index is 13.4. The number of anilines is 1. The van der Waals surface area contributed by atoms with Crippen molar-refractivity contribution in [2.75, 3.05) is 12.4 Å². The Balaban J connectivity index is 1.79. The first kappa shape index (κ1) is 22.9. The molecule has 0 atom stereocenters. The van der Waals surface area contributed by atoms with E-state index in [1.807, 2.05) is 26.0 Å². The van der Waals surface area contributed by atoms with Gasteiger partial charge in [0, 0.05) is 44.4 Å². The first-order valence-electron chi connectivity index (χ1n) is 10.1. The fourth-order valence-electron chi connectivity index (χ4n) is 3.81. The SMILES string of the molecule is COc1c(/C(C)=C/C(=O)Nc2cccc(F)c2)cc2c(-c3ccc(Cl)cc3Cl)coc2c1C. The summed E-state index contributed by atoms with van der Waals surface area (Å²) in [6, 6.07) is 12.9. The number of fused-ring (bicyclic) bond motifs is 1. The van der Waals surface area contributed by atoms with Gasteiger partial charge in [-0.1, -0.05) is 35.3 Å². The number of benzene rings is 3. The van der Waals surface area contributed by atoms with Crippen LogP contribution in [0.4, 0.5) is 10.1 Å². The first-order chi connectivity index (χ1) is 15.8. The van der Waals surface area contributed by atoms with Crippen molar-refractivity contribution in [3.8, 4) is 16.9 Å². The van der Waals surface area contributed by atoms with Crippen LogP contribution < -0.4 is 10.1 Å². The number of nitrogens with one attached hydrogen (secondary N) is 1. The smallest absolute Gasteiger partial charge is 0.248 e. The number of halogens is 3. The number of aryl methyl sites for hydroxylation is 1. The number of allylic oxidation sites excluding steroid dienone is 1. The van der Waals surface area contributed by atoms with Crippen molar-refractivity contribution in [2.24, 2.45) is 0 Å². The molecule has 0 saturated carbocycles. The van der Waals surface area contributed by atoms with Gasteiger partial charge in [-0.2, -0.15) is 0 Å². The molecule has 0 fully saturated rings. The lowest BCUT2D eigenvalue weighted by Crippen LogP contribution is -2.09. The number of rotatable bonds is 5. The number of furan rings is 1. The van der Waals surface area contributed by atoms with Crippen LogP contribution in [0.3, 0.4) is 0 Å². The average molecular weight is 484 g/mol. The van der Waals surface area contributed by atoms with Crippen LogP contribution in [0.1, 0.15) is 18.1 Å². The van der Waals surface area contributed by atoms with E-state index < -0.39 is 5.82 Å². The summed E-state index contributed by atoms with van der Waals surface area (Å²) in [5.74, 6) is -0.214. The molecule has 1 N–H and O–H groups in total. The Labute approximate surface area is 200 Å². The van der Waals surface area contributed by atoms with Gasteiger partial charge in [-0.15, -0.1) is 0 Å². The Hall–Kier alpha value is -3.28. The highest BCUT2D eigenvalue weighted by atomic mass is 35.5. The lowest BCUT2D eigenvalue weighted by atomic mass is 9.96. The molecule has 4 aromatic rings. The van der Waals surface area contributed by atoms with Crippen LogP contribution in [0, 0.1) is 12.7 Å². The van der Waals surface area contributed by atoms with E-state index in [2.05, 4.69) is 5.32 Å². The van der Waals surface area contributed by atoms with E-state index in [1.54, 1.807) is 31.6 Å². The van der Waals surface area contributed by atoms with Crippen LogP contribution in [-0.4, -0.2) is 13.0 Å². The van der Waals surface area contributed by atoms with Gasteiger partial charge in [-0.3, -0.25) is 4.79 Å². The first-order valence-corrected chi connectivity index (χ1v) is 10.8. The topological polar surface area (TPSA) is 51.5 Å². The number of hydrogen-bond acceptors (Lipinski definition) is 3. The summed E-state index contributed by atoms with van der Waals surface area (Å²) >= 11 is 12.5. The fourth-order valence-corrected chi connectivity index (χ4v) is 4.32. The Morgan fingerprint density at radius 2 is 1.91 bits per heavy atom. The predicted molar refractivity (Wildman–Crippen MR) is 132 cm³/mol. The molecule has 7 heteroatoms. The zero-order valence-corrected chi connectivity index (χ0v) is 19.6. The van der Waals surface area contributed by atoms with Gasteiger partial charge in [0.15, 0.2) is 0 Å².